The predicted octanol–water partition coefficient (Wildman–Crippen LogP) is 1.37. The first-order valence-electron chi connectivity index (χ1n) is 5.61. The summed E-state index contributed by atoms with van der Waals surface area (Å²) in [6.45, 7) is 4.40. The van der Waals surface area contributed by atoms with Gasteiger partial charge in [-0.2, -0.15) is 11.8 Å². The zero-order chi connectivity index (χ0) is 11.3. The van der Waals surface area contributed by atoms with Crippen LogP contribution in [0.3, 0.4) is 0 Å². The van der Waals surface area contributed by atoms with E-state index in [1.165, 1.54) is 18.6 Å². The standard InChI is InChI=1S/C11H22N2OS/c1-11(2,12)8-13-10(14)6-9-4-3-5-15-7-9/h9H,3-8,12H2,1-2H3,(H,13,14). The van der Waals surface area contributed by atoms with E-state index >= 15 is 0 Å². The number of amides is 1. The van der Waals surface area contributed by atoms with Crippen molar-refractivity contribution < 1.29 is 4.79 Å². The normalized spacial score (nSPS) is 22.5. The van der Waals surface area contributed by atoms with Crippen molar-refractivity contribution in [3.05, 3.63) is 0 Å². The third kappa shape index (κ3) is 6.05. The lowest BCUT2D eigenvalue weighted by Crippen LogP contribution is -2.45. The Kier molecular flexibility index (Phi) is 4.93. The van der Waals surface area contributed by atoms with Gasteiger partial charge >= 0.3 is 0 Å². The number of hydrogen-bond donors (Lipinski definition) is 2. The number of thioether (sulfide) groups is 1. The number of carbonyl (C=O) groups excluding carboxylic acids is 1. The van der Waals surface area contributed by atoms with Crippen molar-refractivity contribution >= 4 is 17.7 Å². The van der Waals surface area contributed by atoms with E-state index < -0.39 is 0 Å². The molecule has 0 aromatic heterocycles. The molecule has 1 heterocycles. The summed E-state index contributed by atoms with van der Waals surface area (Å²) < 4.78 is 0. The van der Waals surface area contributed by atoms with Gasteiger partial charge in [0.15, 0.2) is 0 Å². The maximum Gasteiger partial charge on any atom is 0.220 e. The fourth-order valence-corrected chi connectivity index (χ4v) is 2.78. The summed E-state index contributed by atoms with van der Waals surface area (Å²) in [5.74, 6) is 3.12. The quantitative estimate of drug-likeness (QED) is 0.767. The van der Waals surface area contributed by atoms with E-state index in [-0.39, 0.29) is 11.4 Å². The second-order valence-electron chi connectivity index (χ2n) is 5.05. The Balaban J connectivity index is 2.17. The van der Waals surface area contributed by atoms with Gasteiger partial charge in [-0.3, -0.25) is 4.79 Å². The molecule has 4 heteroatoms. The largest absolute Gasteiger partial charge is 0.354 e. The van der Waals surface area contributed by atoms with Crippen LogP contribution in [0.25, 0.3) is 0 Å². The topological polar surface area (TPSA) is 55.1 Å². The van der Waals surface area contributed by atoms with Crippen molar-refractivity contribution in [2.24, 2.45) is 11.7 Å². The molecular formula is C11H22N2OS. The highest BCUT2D eigenvalue weighted by atomic mass is 32.2. The molecule has 1 unspecified atom stereocenters. The lowest BCUT2D eigenvalue weighted by Gasteiger charge is -2.22. The molecule has 1 rings (SSSR count). The summed E-state index contributed by atoms with van der Waals surface area (Å²) in [6.07, 6.45) is 3.13. The van der Waals surface area contributed by atoms with Gasteiger partial charge in [0, 0.05) is 18.5 Å². The molecule has 0 bridgehead atoms. The SMILES string of the molecule is CC(C)(N)CNC(=O)CC1CCCSC1. The van der Waals surface area contributed by atoms with E-state index in [9.17, 15) is 4.79 Å². The van der Waals surface area contributed by atoms with Crippen LogP contribution in [-0.2, 0) is 4.79 Å². The van der Waals surface area contributed by atoms with Crippen LogP contribution in [0.15, 0.2) is 0 Å². The van der Waals surface area contributed by atoms with Crippen LogP contribution < -0.4 is 11.1 Å². The third-order valence-corrected chi connectivity index (χ3v) is 3.75. The Hall–Kier alpha value is -0.220. The van der Waals surface area contributed by atoms with E-state index in [1.807, 2.05) is 25.6 Å². The van der Waals surface area contributed by atoms with Crippen molar-refractivity contribution in [3.63, 3.8) is 0 Å². The smallest absolute Gasteiger partial charge is 0.220 e. The van der Waals surface area contributed by atoms with Crippen LogP contribution in [-0.4, -0.2) is 29.5 Å². The fraction of sp³-hybridized carbons (Fsp3) is 0.909. The van der Waals surface area contributed by atoms with E-state index in [0.29, 0.717) is 18.9 Å². The maximum absolute atomic E-state index is 11.6. The number of nitrogens with one attached hydrogen (secondary N) is 1. The predicted molar refractivity (Wildman–Crippen MR) is 65.9 cm³/mol. The average molecular weight is 230 g/mol. The van der Waals surface area contributed by atoms with Crippen LogP contribution in [0.1, 0.15) is 33.1 Å². The first-order chi connectivity index (χ1) is 6.97. The summed E-state index contributed by atoms with van der Waals surface area (Å²) in [5.41, 5.74) is 5.49. The molecule has 1 aliphatic rings. The average Bonchev–Trinajstić information content (AvgIpc) is 2.15. The van der Waals surface area contributed by atoms with Gasteiger partial charge in [0.05, 0.1) is 0 Å². The second kappa shape index (κ2) is 5.75. The summed E-state index contributed by atoms with van der Waals surface area (Å²) in [5, 5.41) is 2.90. The van der Waals surface area contributed by atoms with E-state index in [0.717, 1.165) is 5.75 Å². The van der Waals surface area contributed by atoms with Gasteiger partial charge in [-0.25, -0.2) is 0 Å². The van der Waals surface area contributed by atoms with Crippen molar-refractivity contribution in [2.45, 2.75) is 38.6 Å². The lowest BCUT2D eigenvalue weighted by molar-refractivity contribution is -0.122. The zero-order valence-corrected chi connectivity index (χ0v) is 10.5. The Morgan fingerprint density at radius 2 is 2.33 bits per heavy atom. The van der Waals surface area contributed by atoms with Crippen LogP contribution in [0.4, 0.5) is 0 Å². The van der Waals surface area contributed by atoms with Crippen LogP contribution in [0, 0.1) is 5.92 Å². The molecule has 15 heavy (non-hydrogen) atoms. The molecule has 3 nitrogen and oxygen atoms in total. The summed E-state index contributed by atoms with van der Waals surface area (Å²) in [4.78, 5) is 11.6. The molecule has 1 fully saturated rings. The molecular weight excluding hydrogens is 208 g/mol. The van der Waals surface area contributed by atoms with Gasteiger partial charge in [-0.15, -0.1) is 0 Å². The molecule has 1 atom stereocenters. The van der Waals surface area contributed by atoms with Gasteiger partial charge in [-0.1, -0.05) is 0 Å². The molecule has 0 aromatic rings. The molecule has 0 radical (unpaired) electrons. The van der Waals surface area contributed by atoms with Crippen molar-refractivity contribution in [2.75, 3.05) is 18.1 Å². The molecule has 1 saturated heterocycles. The van der Waals surface area contributed by atoms with Crippen molar-refractivity contribution in [3.8, 4) is 0 Å². The summed E-state index contributed by atoms with van der Waals surface area (Å²) in [6, 6.07) is 0. The molecule has 0 spiro atoms. The molecule has 0 aliphatic carbocycles. The van der Waals surface area contributed by atoms with Gasteiger partial charge in [-0.05, 0) is 44.1 Å². The van der Waals surface area contributed by atoms with Crippen molar-refractivity contribution in [1.29, 1.82) is 0 Å². The lowest BCUT2D eigenvalue weighted by atomic mass is 10.0. The number of rotatable bonds is 4. The first-order valence-corrected chi connectivity index (χ1v) is 6.76. The minimum Gasteiger partial charge on any atom is -0.354 e. The van der Waals surface area contributed by atoms with E-state index in [2.05, 4.69) is 5.32 Å². The van der Waals surface area contributed by atoms with Gasteiger partial charge in [0.1, 0.15) is 0 Å². The van der Waals surface area contributed by atoms with E-state index in [4.69, 9.17) is 5.73 Å². The number of hydrogen-bond acceptors (Lipinski definition) is 3. The minimum atomic E-state index is -0.309. The number of carbonyl (C=O) groups is 1. The molecule has 0 aromatic carbocycles. The van der Waals surface area contributed by atoms with Gasteiger partial charge < -0.3 is 11.1 Å². The molecule has 0 saturated carbocycles. The van der Waals surface area contributed by atoms with Crippen LogP contribution in [0.2, 0.25) is 0 Å². The number of nitrogens with two attached hydrogens (primary N) is 1. The molecule has 3 N–H and O–H groups in total. The Bertz CT molecular complexity index is 207. The zero-order valence-electron chi connectivity index (χ0n) is 9.71. The molecule has 1 aliphatic heterocycles. The molecule has 88 valence electrons. The van der Waals surface area contributed by atoms with E-state index in [1.54, 1.807) is 0 Å². The second-order valence-corrected chi connectivity index (χ2v) is 6.20. The summed E-state index contributed by atoms with van der Waals surface area (Å²) >= 11 is 1.96. The minimum absolute atomic E-state index is 0.154. The Morgan fingerprint density at radius 3 is 2.87 bits per heavy atom. The first kappa shape index (κ1) is 12.8. The maximum atomic E-state index is 11.6. The highest BCUT2D eigenvalue weighted by molar-refractivity contribution is 7.99. The highest BCUT2D eigenvalue weighted by Crippen LogP contribution is 2.24. The van der Waals surface area contributed by atoms with Crippen LogP contribution in [0.5, 0.6) is 0 Å². The van der Waals surface area contributed by atoms with Gasteiger partial charge in [0.2, 0.25) is 5.91 Å². The Labute approximate surface area is 96.6 Å². The highest BCUT2D eigenvalue weighted by Gasteiger charge is 2.18. The fourth-order valence-electron chi connectivity index (χ4n) is 1.63. The summed E-state index contributed by atoms with van der Waals surface area (Å²) in [7, 11) is 0. The Morgan fingerprint density at radius 1 is 1.60 bits per heavy atom. The van der Waals surface area contributed by atoms with Gasteiger partial charge in [0.25, 0.3) is 0 Å². The monoisotopic (exact) mass is 230 g/mol. The van der Waals surface area contributed by atoms with Crippen molar-refractivity contribution in [1.82, 2.24) is 5.32 Å². The van der Waals surface area contributed by atoms with Crippen LogP contribution >= 0.6 is 11.8 Å². The molecule has 1 amide bonds. The third-order valence-electron chi connectivity index (χ3n) is 2.47.